The minimum Gasteiger partial charge on any atom is -0.490 e. The lowest BCUT2D eigenvalue weighted by molar-refractivity contribution is 0.310. The average Bonchev–Trinajstić information content (AvgIpc) is 2.27. The number of rotatable bonds is 5. The molecular formula is C13H16FNO. The Morgan fingerprint density at radius 2 is 2.25 bits per heavy atom. The minimum absolute atomic E-state index is 0.277. The summed E-state index contributed by atoms with van der Waals surface area (Å²) in [4.78, 5) is 0. The molecule has 0 fully saturated rings. The molecule has 3 heteroatoms. The van der Waals surface area contributed by atoms with Crippen molar-refractivity contribution >= 4 is 0 Å². The van der Waals surface area contributed by atoms with Gasteiger partial charge in [-0.2, -0.15) is 0 Å². The molecule has 0 atom stereocenters. The van der Waals surface area contributed by atoms with E-state index in [1.165, 1.54) is 6.07 Å². The molecular weight excluding hydrogens is 205 g/mol. The van der Waals surface area contributed by atoms with Crippen LogP contribution in [0.25, 0.3) is 0 Å². The second-order valence-corrected chi connectivity index (χ2v) is 3.33. The van der Waals surface area contributed by atoms with Gasteiger partial charge in [0.2, 0.25) is 0 Å². The lowest BCUT2D eigenvalue weighted by Gasteiger charge is -2.06. The first kappa shape index (κ1) is 12.5. The number of halogens is 1. The molecule has 1 aromatic carbocycles. The van der Waals surface area contributed by atoms with Gasteiger partial charge >= 0.3 is 0 Å². The molecule has 0 aliphatic heterocycles. The minimum atomic E-state index is -0.338. The van der Waals surface area contributed by atoms with Crippen molar-refractivity contribution in [3.8, 4) is 17.6 Å². The Morgan fingerprint density at radius 3 is 2.88 bits per heavy atom. The molecule has 0 spiro atoms. The molecule has 0 saturated carbocycles. The monoisotopic (exact) mass is 221 g/mol. The van der Waals surface area contributed by atoms with Crippen molar-refractivity contribution in [2.75, 3.05) is 13.2 Å². The molecule has 0 saturated heterocycles. The number of hydrogen-bond donors (Lipinski definition) is 1. The van der Waals surface area contributed by atoms with Gasteiger partial charge in [-0.3, -0.25) is 0 Å². The van der Waals surface area contributed by atoms with Gasteiger partial charge in [-0.15, -0.1) is 11.8 Å². The molecule has 86 valence electrons. The first-order chi connectivity index (χ1) is 7.77. The smallest absolute Gasteiger partial charge is 0.165 e. The molecule has 2 N–H and O–H groups in total. The highest BCUT2D eigenvalue weighted by Gasteiger charge is 2.03. The zero-order valence-corrected chi connectivity index (χ0v) is 9.42. The third-order valence-electron chi connectivity index (χ3n) is 2.09. The van der Waals surface area contributed by atoms with Gasteiger partial charge in [0.25, 0.3) is 0 Å². The van der Waals surface area contributed by atoms with E-state index in [0.29, 0.717) is 26.0 Å². The standard InChI is InChI=1S/C13H16FNO/c1-2-3-4-9-16-13-6-5-11(7-8-15)10-12(13)14/h5-6,10H,4,7-9,15H2,1H3. The Morgan fingerprint density at radius 1 is 1.44 bits per heavy atom. The van der Waals surface area contributed by atoms with Crippen molar-refractivity contribution in [1.29, 1.82) is 0 Å². The highest BCUT2D eigenvalue weighted by atomic mass is 19.1. The van der Waals surface area contributed by atoms with E-state index in [4.69, 9.17) is 10.5 Å². The second kappa shape index (κ2) is 6.86. The van der Waals surface area contributed by atoms with E-state index in [1.54, 1.807) is 13.0 Å². The summed E-state index contributed by atoms with van der Waals surface area (Å²) in [5, 5.41) is 0. The normalized spacial score (nSPS) is 9.44. The van der Waals surface area contributed by atoms with Gasteiger partial charge in [0.1, 0.15) is 0 Å². The van der Waals surface area contributed by atoms with Crippen molar-refractivity contribution in [1.82, 2.24) is 0 Å². The number of nitrogens with two attached hydrogens (primary N) is 1. The van der Waals surface area contributed by atoms with Gasteiger partial charge in [0.15, 0.2) is 11.6 Å². The molecule has 1 rings (SSSR count). The summed E-state index contributed by atoms with van der Waals surface area (Å²) < 4.78 is 18.7. The van der Waals surface area contributed by atoms with Crippen LogP contribution < -0.4 is 10.5 Å². The van der Waals surface area contributed by atoms with E-state index >= 15 is 0 Å². The van der Waals surface area contributed by atoms with Gasteiger partial charge in [-0.05, 0) is 37.6 Å². The van der Waals surface area contributed by atoms with Crippen molar-refractivity contribution in [2.45, 2.75) is 19.8 Å². The van der Waals surface area contributed by atoms with Crippen LogP contribution >= 0.6 is 0 Å². The van der Waals surface area contributed by atoms with E-state index < -0.39 is 0 Å². The molecule has 0 aromatic heterocycles. The van der Waals surface area contributed by atoms with Gasteiger partial charge < -0.3 is 10.5 Å². The van der Waals surface area contributed by atoms with Gasteiger partial charge in [-0.1, -0.05) is 6.07 Å². The first-order valence-corrected chi connectivity index (χ1v) is 5.29. The molecule has 0 bridgehead atoms. The van der Waals surface area contributed by atoms with Crippen LogP contribution in [0, 0.1) is 17.7 Å². The fourth-order valence-electron chi connectivity index (χ4n) is 1.32. The predicted molar refractivity (Wildman–Crippen MR) is 62.7 cm³/mol. The molecule has 0 heterocycles. The van der Waals surface area contributed by atoms with Crippen LogP contribution in [0.15, 0.2) is 18.2 Å². The van der Waals surface area contributed by atoms with Crippen LogP contribution in [0.5, 0.6) is 5.75 Å². The van der Waals surface area contributed by atoms with Crippen LogP contribution in [0.2, 0.25) is 0 Å². The summed E-state index contributed by atoms with van der Waals surface area (Å²) in [5.74, 6) is 5.55. The summed E-state index contributed by atoms with van der Waals surface area (Å²) in [6.07, 6.45) is 1.29. The summed E-state index contributed by atoms with van der Waals surface area (Å²) in [6, 6.07) is 4.93. The highest BCUT2D eigenvalue weighted by Crippen LogP contribution is 2.18. The highest BCUT2D eigenvalue weighted by molar-refractivity contribution is 5.29. The fourth-order valence-corrected chi connectivity index (χ4v) is 1.32. The zero-order chi connectivity index (χ0) is 11.8. The molecule has 16 heavy (non-hydrogen) atoms. The maximum Gasteiger partial charge on any atom is 0.165 e. The maximum atomic E-state index is 13.5. The summed E-state index contributed by atoms with van der Waals surface area (Å²) in [5.41, 5.74) is 6.28. The number of hydrogen-bond acceptors (Lipinski definition) is 2. The number of benzene rings is 1. The van der Waals surface area contributed by atoms with Crippen molar-refractivity contribution < 1.29 is 9.13 Å². The maximum absolute atomic E-state index is 13.5. The van der Waals surface area contributed by atoms with Gasteiger partial charge in [0, 0.05) is 6.42 Å². The Kier molecular flexibility index (Phi) is 5.38. The molecule has 0 unspecified atom stereocenters. The van der Waals surface area contributed by atoms with Gasteiger partial charge in [0.05, 0.1) is 6.61 Å². The Hall–Kier alpha value is -1.53. The van der Waals surface area contributed by atoms with Crippen LogP contribution in [0.3, 0.4) is 0 Å². The third-order valence-corrected chi connectivity index (χ3v) is 2.09. The zero-order valence-electron chi connectivity index (χ0n) is 9.42. The Bertz CT molecular complexity index is 393. The molecule has 0 amide bonds. The van der Waals surface area contributed by atoms with E-state index in [9.17, 15) is 4.39 Å². The average molecular weight is 221 g/mol. The predicted octanol–water partition coefficient (Wildman–Crippen LogP) is 2.12. The van der Waals surface area contributed by atoms with Gasteiger partial charge in [-0.25, -0.2) is 4.39 Å². The van der Waals surface area contributed by atoms with E-state index in [0.717, 1.165) is 5.56 Å². The number of ether oxygens (including phenoxy) is 1. The fraction of sp³-hybridized carbons (Fsp3) is 0.385. The van der Waals surface area contributed by atoms with E-state index in [1.807, 2.05) is 6.07 Å². The quantitative estimate of drug-likeness (QED) is 0.610. The second-order valence-electron chi connectivity index (χ2n) is 3.33. The lowest BCUT2D eigenvalue weighted by atomic mass is 10.1. The molecule has 2 nitrogen and oxygen atoms in total. The van der Waals surface area contributed by atoms with Crippen LogP contribution in [-0.2, 0) is 6.42 Å². The van der Waals surface area contributed by atoms with Crippen molar-refractivity contribution in [3.05, 3.63) is 29.6 Å². The molecule has 1 aromatic rings. The molecule has 0 radical (unpaired) electrons. The van der Waals surface area contributed by atoms with Crippen LogP contribution in [-0.4, -0.2) is 13.2 Å². The van der Waals surface area contributed by atoms with E-state index in [2.05, 4.69) is 11.8 Å². The van der Waals surface area contributed by atoms with Crippen molar-refractivity contribution in [3.63, 3.8) is 0 Å². The van der Waals surface area contributed by atoms with Crippen LogP contribution in [0.1, 0.15) is 18.9 Å². The Balaban J connectivity index is 2.56. The lowest BCUT2D eigenvalue weighted by Crippen LogP contribution is -2.04. The summed E-state index contributed by atoms with van der Waals surface area (Å²) >= 11 is 0. The largest absolute Gasteiger partial charge is 0.490 e. The van der Waals surface area contributed by atoms with E-state index in [-0.39, 0.29) is 11.6 Å². The van der Waals surface area contributed by atoms with Crippen molar-refractivity contribution in [2.24, 2.45) is 5.73 Å². The Labute approximate surface area is 95.6 Å². The molecule has 0 aliphatic rings. The SMILES string of the molecule is CC#CCCOc1ccc(CCN)cc1F. The topological polar surface area (TPSA) is 35.2 Å². The van der Waals surface area contributed by atoms with Crippen LogP contribution in [0.4, 0.5) is 4.39 Å². The third kappa shape index (κ3) is 3.92. The summed E-state index contributed by atoms with van der Waals surface area (Å²) in [6.45, 7) is 2.70. The summed E-state index contributed by atoms with van der Waals surface area (Å²) in [7, 11) is 0. The first-order valence-electron chi connectivity index (χ1n) is 5.29. The molecule has 0 aliphatic carbocycles.